The molecule has 1 aliphatic heterocycles. The third-order valence-corrected chi connectivity index (χ3v) is 4.76. The van der Waals surface area contributed by atoms with Crippen molar-refractivity contribution in [2.24, 2.45) is 0 Å². The van der Waals surface area contributed by atoms with Crippen LogP contribution in [0.25, 0.3) is 0 Å². The van der Waals surface area contributed by atoms with Gasteiger partial charge in [-0.2, -0.15) is 0 Å². The van der Waals surface area contributed by atoms with Gasteiger partial charge in [0.1, 0.15) is 5.82 Å². The van der Waals surface area contributed by atoms with Crippen molar-refractivity contribution in [1.82, 2.24) is 10.2 Å². The van der Waals surface area contributed by atoms with Gasteiger partial charge in [-0.05, 0) is 43.5 Å². The molecule has 3 rings (SSSR count). The van der Waals surface area contributed by atoms with Gasteiger partial charge in [0.05, 0.1) is 6.04 Å². The molecule has 1 fully saturated rings. The second kappa shape index (κ2) is 8.33. The van der Waals surface area contributed by atoms with E-state index in [1.54, 1.807) is 17.0 Å². The van der Waals surface area contributed by atoms with E-state index in [4.69, 9.17) is 0 Å². The van der Waals surface area contributed by atoms with Gasteiger partial charge in [0.15, 0.2) is 0 Å². The zero-order chi connectivity index (χ0) is 19.4. The van der Waals surface area contributed by atoms with Crippen LogP contribution in [-0.4, -0.2) is 29.3 Å². The lowest BCUT2D eigenvalue weighted by Crippen LogP contribution is -2.37. The van der Waals surface area contributed by atoms with Gasteiger partial charge >= 0.3 is 0 Å². The number of carbonyl (C=O) groups excluding carboxylic acids is 2. The fourth-order valence-electron chi connectivity index (χ4n) is 3.65. The monoisotopic (exact) mass is 368 g/mol. The summed E-state index contributed by atoms with van der Waals surface area (Å²) in [5.41, 5.74) is 4.29. The molecule has 2 aromatic rings. The van der Waals surface area contributed by atoms with E-state index in [-0.39, 0.29) is 23.7 Å². The van der Waals surface area contributed by atoms with E-state index < -0.39 is 0 Å². The minimum atomic E-state index is -0.310. The Morgan fingerprint density at radius 2 is 1.89 bits per heavy atom. The molecule has 0 radical (unpaired) electrons. The largest absolute Gasteiger partial charge is 0.351 e. The first-order valence-electron chi connectivity index (χ1n) is 9.28. The maximum Gasteiger partial charge on any atom is 0.225 e. The number of hydrogen-bond acceptors (Lipinski definition) is 2. The summed E-state index contributed by atoms with van der Waals surface area (Å²) in [5, 5.41) is 2.96. The Kier molecular flexibility index (Phi) is 5.89. The van der Waals surface area contributed by atoms with Crippen LogP contribution in [0.5, 0.6) is 0 Å². The van der Waals surface area contributed by atoms with E-state index in [2.05, 4.69) is 23.5 Å². The van der Waals surface area contributed by atoms with Gasteiger partial charge in [0.2, 0.25) is 11.8 Å². The Morgan fingerprint density at radius 1 is 1.15 bits per heavy atom. The molecule has 1 saturated heterocycles. The Balaban J connectivity index is 1.49. The van der Waals surface area contributed by atoms with Crippen LogP contribution in [0.1, 0.15) is 35.1 Å². The summed E-state index contributed by atoms with van der Waals surface area (Å²) in [6.45, 7) is 4.93. The normalized spacial score (nSPS) is 16.6. The summed E-state index contributed by atoms with van der Waals surface area (Å²) < 4.78 is 13.3. The van der Waals surface area contributed by atoms with Crippen molar-refractivity contribution in [2.75, 3.05) is 6.54 Å². The molecule has 1 N–H and O–H groups in total. The Labute approximate surface area is 159 Å². The summed E-state index contributed by atoms with van der Waals surface area (Å²) in [6.07, 6.45) is 1.38. The molecule has 1 heterocycles. The number of hydrogen-bond donors (Lipinski definition) is 1. The van der Waals surface area contributed by atoms with Crippen molar-refractivity contribution in [3.63, 3.8) is 0 Å². The molecule has 0 aromatic heterocycles. The minimum absolute atomic E-state index is 0.0149. The molecule has 0 saturated carbocycles. The highest BCUT2D eigenvalue weighted by molar-refractivity contribution is 5.82. The number of nitrogens with zero attached hydrogens (tertiary/aromatic N) is 1. The van der Waals surface area contributed by atoms with Crippen molar-refractivity contribution in [2.45, 2.75) is 45.7 Å². The van der Waals surface area contributed by atoms with Gasteiger partial charge in [-0.3, -0.25) is 9.59 Å². The number of amides is 2. The quantitative estimate of drug-likeness (QED) is 0.851. The fraction of sp³-hybridized carbons (Fsp3) is 0.364. The number of likely N-dealkylation sites (tertiary alicyclic amines) is 1. The molecule has 0 bridgehead atoms. The van der Waals surface area contributed by atoms with Gasteiger partial charge in [0.25, 0.3) is 0 Å². The minimum Gasteiger partial charge on any atom is -0.351 e. The number of nitrogens with one attached hydrogen (secondary N) is 1. The Hall–Kier alpha value is -2.69. The van der Waals surface area contributed by atoms with Crippen molar-refractivity contribution in [3.05, 3.63) is 70.5 Å². The molecule has 1 aliphatic rings. The van der Waals surface area contributed by atoms with Crippen LogP contribution in [-0.2, 0) is 22.6 Å². The molecule has 0 aliphatic carbocycles. The molecule has 0 spiro atoms. The van der Waals surface area contributed by atoms with E-state index >= 15 is 0 Å². The summed E-state index contributed by atoms with van der Waals surface area (Å²) in [7, 11) is 0. The first-order chi connectivity index (χ1) is 12.9. The zero-order valence-electron chi connectivity index (χ0n) is 15.8. The van der Waals surface area contributed by atoms with Crippen LogP contribution in [0, 0.1) is 19.7 Å². The standard InChI is InChI=1S/C22H25FN2O2/c1-15-8-16(2)10-17(9-15)6-7-21(26)24-20-12-22(27)25(14-20)13-18-4-3-5-19(23)11-18/h3-5,8-11,20H,6-7,12-14H2,1-2H3,(H,24,26)/t20-/m0/s1. The van der Waals surface area contributed by atoms with E-state index in [0.29, 0.717) is 32.4 Å². The van der Waals surface area contributed by atoms with E-state index in [0.717, 1.165) is 11.1 Å². The topological polar surface area (TPSA) is 49.4 Å². The fourth-order valence-corrected chi connectivity index (χ4v) is 3.65. The molecule has 5 heteroatoms. The molecule has 142 valence electrons. The van der Waals surface area contributed by atoms with Crippen molar-refractivity contribution >= 4 is 11.8 Å². The highest BCUT2D eigenvalue weighted by Gasteiger charge is 2.30. The summed E-state index contributed by atoms with van der Waals surface area (Å²) in [6, 6.07) is 12.4. The molecule has 4 nitrogen and oxygen atoms in total. The van der Waals surface area contributed by atoms with Gasteiger partial charge < -0.3 is 10.2 Å². The first kappa shape index (κ1) is 19.1. The van der Waals surface area contributed by atoms with Crippen LogP contribution in [0.2, 0.25) is 0 Å². The van der Waals surface area contributed by atoms with Gasteiger partial charge in [-0.1, -0.05) is 41.5 Å². The first-order valence-corrected chi connectivity index (χ1v) is 9.28. The molecule has 27 heavy (non-hydrogen) atoms. The van der Waals surface area contributed by atoms with Crippen LogP contribution < -0.4 is 5.32 Å². The molecule has 2 aromatic carbocycles. The second-order valence-electron chi connectivity index (χ2n) is 7.37. The van der Waals surface area contributed by atoms with Crippen LogP contribution >= 0.6 is 0 Å². The van der Waals surface area contributed by atoms with Gasteiger partial charge in [-0.25, -0.2) is 4.39 Å². The maximum absolute atomic E-state index is 13.3. The van der Waals surface area contributed by atoms with Crippen LogP contribution in [0.15, 0.2) is 42.5 Å². The molecule has 1 atom stereocenters. The van der Waals surface area contributed by atoms with Crippen molar-refractivity contribution in [3.8, 4) is 0 Å². The third-order valence-electron chi connectivity index (χ3n) is 4.76. The predicted molar refractivity (Wildman–Crippen MR) is 103 cm³/mol. The lowest BCUT2D eigenvalue weighted by molar-refractivity contribution is -0.128. The molecular weight excluding hydrogens is 343 g/mol. The number of aryl methyl sites for hydroxylation is 3. The maximum atomic E-state index is 13.3. The lowest BCUT2D eigenvalue weighted by atomic mass is 10.0. The number of carbonyl (C=O) groups is 2. The Bertz CT molecular complexity index is 830. The highest BCUT2D eigenvalue weighted by atomic mass is 19.1. The van der Waals surface area contributed by atoms with Crippen molar-refractivity contribution < 1.29 is 14.0 Å². The molecule has 0 unspecified atom stereocenters. The van der Waals surface area contributed by atoms with E-state index in [1.807, 2.05) is 13.8 Å². The zero-order valence-corrected chi connectivity index (χ0v) is 15.8. The SMILES string of the molecule is Cc1cc(C)cc(CCC(=O)N[C@H]2CC(=O)N(Cc3cccc(F)c3)C2)c1. The third kappa shape index (κ3) is 5.39. The second-order valence-corrected chi connectivity index (χ2v) is 7.37. The number of benzene rings is 2. The average molecular weight is 368 g/mol. The summed E-state index contributed by atoms with van der Waals surface area (Å²) in [5.74, 6) is -0.367. The number of halogens is 1. The van der Waals surface area contributed by atoms with Crippen LogP contribution in [0.3, 0.4) is 0 Å². The Morgan fingerprint density at radius 3 is 2.59 bits per heavy atom. The summed E-state index contributed by atoms with van der Waals surface area (Å²) in [4.78, 5) is 26.1. The van der Waals surface area contributed by atoms with Crippen LogP contribution in [0.4, 0.5) is 4.39 Å². The van der Waals surface area contributed by atoms with E-state index in [9.17, 15) is 14.0 Å². The summed E-state index contributed by atoms with van der Waals surface area (Å²) >= 11 is 0. The molecular formula is C22H25FN2O2. The highest BCUT2D eigenvalue weighted by Crippen LogP contribution is 2.16. The van der Waals surface area contributed by atoms with Gasteiger partial charge in [-0.15, -0.1) is 0 Å². The predicted octanol–water partition coefficient (Wildman–Crippen LogP) is 3.29. The van der Waals surface area contributed by atoms with Gasteiger partial charge in [0, 0.05) is 25.9 Å². The smallest absolute Gasteiger partial charge is 0.225 e. The lowest BCUT2D eigenvalue weighted by Gasteiger charge is -2.17. The average Bonchev–Trinajstić information content (AvgIpc) is 2.91. The molecule has 2 amide bonds. The number of rotatable bonds is 6. The van der Waals surface area contributed by atoms with Crippen molar-refractivity contribution in [1.29, 1.82) is 0 Å². The van der Waals surface area contributed by atoms with E-state index in [1.165, 1.54) is 23.3 Å².